The summed E-state index contributed by atoms with van der Waals surface area (Å²) in [4.78, 5) is 0. The van der Waals surface area contributed by atoms with Crippen LogP contribution in [0.4, 0.5) is 0 Å². The first-order chi connectivity index (χ1) is 8.74. The number of rotatable bonds is 2. The minimum absolute atomic E-state index is 0.595. The van der Waals surface area contributed by atoms with Crippen LogP contribution in [0.15, 0.2) is 30.4 Å². The maximum atomic E-state index is 5.33. The number of thioether (sulfide) groups is 1. The van der Waals surface area contributed by atoms with E-state index in [-0.39, 0.29) is 0 Å². The SMILES string of the molecule is C=C1C[C@H](SC)[C@H]2CCc3cc(OC)ccc3[C@@H]12. The molecule has 0 amide bonds. The zero-order valence-corrected chi connectivity index (χ0v) is 11.9. The smallest absolute Gasteiger partial charge is 0.119 e. The molecule has 1 fully saturated rings. The molecule has 0 unspecified atom stereocenters. The Morgan fingerprint density at radius 3 is 2.94 bits per heavy atom. The Hall–Kier alpha value is -0.890. The molecule has 0 spiro atoms. The summed E-state index contributed by atoms with van der Waals surface area (Å²) >= 11 is 2.02. The van der Waals surface area contributed by atoms with Crippen molar-refractivity contribution >= 4 is 11.8 Å². The summed E-state index contributed by atoms with van der Waals surface area (Å²) in [6, 6.07) is 6.57. The molecule has 96 valence electrons. The third-order valence-electron chi connectivity index (χ3n) is 4.54. The molecule has 1 aromatic rings. The van der Waals surface area contributed by atoms with E-state index in [0.29, 0.717) is 5.92 Å². The average molecular weight is 260 g/mol. The first-order valence-corrected chi connectivity index (χ1v) is 7.90. The van der Waals surface area contributed by atoms with Crippen LogP contribution < -0.4 is 4.74 Å². The maximum absolute atomic E-state index is 5.33. The summed E-state index contributed by atoms with van der Waals surface area (Å²) in [5.74, 6) is 2.38. The number of hydrogen-bond acceptors (Lipinski definition) is 2. The molecule has 0 aromatic heterocycles. The summed E-state index contributed by atoms with van der Waals surface area (Å²) in [6.07, 6.45) is 5.93. The van der Waals surface area contributed by atoms with Crippen molar-refractivity contribution in [1.29, 1.82) is 0 Å². The Bertz CT molecular complexity index is 480. The van der Waals surface area contributed by atoms with Gasteiger partial charge in [-0.15, -0.1) is 0 Å². The van der Waals surface area contributed by atoms with E-state index >= 15 is 0 Å². The van der Waals surface area contributed by atoms with Crippen molar-refractivity contribution < 1.29 is 4.74 Å². The van der Waals surface area contributed by atoms with Crippen LogP contribution in [0.1, 0.15) is 29.9 Å². The van der Waals surface area contributed by atoms with E-state index in [1.54, 1.807) is 7.11 Å². The van der Waals surface area contributed by atoms with Crippen LogP contribution in [-0.4, -0.2) is 18.6 Å². The van der Waals surface area contributed by atoms with E-state index in [4.69, 9.17) is 4.74 Å². The number of hydrogen-bond donors (Lipinski definition) is 0. The van der Waals surface area contributed by atoms with Gasteiger partial charge < -0.3 is 4.74 Å². The van der Waals surface area contributed by atoms with Crippen LogP contribution in [-0.2, 0) is 6.42 Å². The van der Waals surface area contributed by atoms with E-state index in [0.717, 1.165) is 16.9 Å². The van der Waals surface area contributed by atoms with Crippen LogP contribution >= 0.6 is 11.8 Å². The molecule has 2 aliphatic carbocycles. The highest BCUT2D eigenvalue weighted by Crippen LogP contribution is 2.52. The van der Waals surface area contributed by atoms with Gasteiger partial charge in [0.05, 0.1) is 7.11 Å². The number of benzene rings is 1. The lowest BCUT2D eigenvalue weighted by Gasteiger charge is -2.31. The Morgan fingerprint density at radius 1 is 1.39 bits per heavy atom. The summed E-state index contributed by atoms with van der Waals surface area (Å²) in [5, 5.41) is 0.776. The Morgan fingerprint density at radius 2 is 2.22 bits per heavy atom. The van der Waals surface area contributed by atoms with Gasteiger partial charge >= 0.3 is 0 Å². The molecule has 0 saturated heterocycles. The fraction of sp³-hybridized carbons (Fsp3) is 0.500. The van der Waals surface area contributed by atoms with E-state index in [1.807, 2.05) is 11.8 Å². The first kappa shape index (κ1) is 12.2. The molecule has 1 nitrogen and oxygen atoms in total. The Balaban J connectivity index is 2.00. The van der Waals surface area contributed by atoms with Crippen molar-refractivity contribution in [1.82, 2.24) is 0 Å². The quantitative estimate of drug-likeness (QED) is 0.742. The van der Waals surface area contributed by atoms with Gasteiger partial charge in [-0.05, 0) is 54.7 Å². The molecule has 2 aliphatic rings. The topological polar surface area (TPSA) is 9.23 Å². The van der Waals surface area contributed by atoms with Crippen molar-refractivity contribution in [2.45, 2.75) is 30.4 Å². The third kappa shape index (κ3) is 1.78. The molecule has 0 aliphatic heterocycles. The first-order valence-electron chi connectivity index (χ1n) is 6.62. The standard InChI is InChI=1S/C16H20OS/c1-10-8-15(18-3)14-6-4-11-9-12(17-2)5-7-13(11)16(10)14/h5,7,9,14-16H,1,4,6,8H2,2-3H3/t14-,15+,16-/m1/s1. The molecule has 0 N–H and O–H groups in total. The second kappa shape index (κ2) is 4.65. The van der Waals surface area contributed by atoms with Crippen molar-refractivity contribution in [2.24, 2.45) is 5.92 Å². The molecule has 0 bridgehead atoms. The second-order valence-electron chi connectivity index (χ2n) is 5.38. The highest BCUT2D eigenvalue weighted by atomic mass is 32.2. The lowest BCUT2D eigenvalue weighted by atomic mass is 9.76. The highest BCUT2D eigenvalue weighted by molar-refractivity contribution is 7.99. The van der Waals surface area contributed by atoms with Gasteiger partial charge in [-0.2, -0.15) is 11.8 Å². The van der Waals surface area contributed by atoms with Crippen LogP contribution in [0.25, 0.3) is 0 Å². The molecule has 3 rings (SSSR count). The highest BCUT2D eigenvalue weighted by Gasteiger charge is 2.41. The third-order valence-corrected chi connectivity index (χ3v) is 5.67. The summed E-state index contributed by atoms with van der Waals surface area (Å²) in [6.45, 7) is 4.33. The minimum Gasteiger partial charge on any atom is -0.497 e. The average Bonchev–Trinajstić information content (AvgIpc) is 2.75. The van der Waals surface area contributed by atoms with Gasteiger partial charge in [0.2, 0.25) is 0 Å². The predicted molar refractivity (Wildman–Crippen MR) is 78.6 cm³/mol. The van der Waals surface area contributed by atoms with E-state index in [2.05, 4.69) is 31.0 Å². The zero-order valence-electron chi connectivity index (χ0n) is 11.1. The monoisotopic (exact) mass is 260 g/mol. The van der Waals surface area contributed by atoms with Gasteiger partial charge in [0.15, 0.2) is 0 Å². The molecule has 0 heterocycles. The van der Waals surface area contributed by atoms with Gasteiger partial charge in [0.1, 0.15) is 5.75 Å². The fourth-order valence-electron chi connectivity index (χ4n) is 3.67. The molecular weight excluding hydrogens is 240 g/mol. The zero-order chi connectivity index (χ0) is 12.7. The van der Waals surface area contributed by atoms with Crippen LogP contribution in [0.3, 0.4) is 0 Å². The van der Waals surface area contributed by atoms with Crippen molar-refractivity contribution in [3.8, 4) is 5.75 Å². The molecular formula is C16H20OS. The number of methoxy groups -OCH3 is 1. The van der Waals surface area contributed by atoms with E-state index in [9.17, 15) is 0 Å². The number of allylic oxidation sites excluding steroid dienone is 1. The van der Waals surface area contributed by atoms with Crippen molar-refractivity contribution in [3.05, 3.63) is 41.5 Å². The summed E-state index contributed by atoms with van der Waals surface area (Å²) in [5.41, 5.74) is 4.41. The molecule has 18 heavy (non-hydrogen) atoms. The molecule has 2 heteroatoms. The van der Waals surface area contributed by atoms with E-state index < -0.39 is 0 Å². The number of aryl methyl sites for hydroxylation is 1. The van der Waals surface area contributed by atoms with Crippen molar-refractivity contribution in [2.75, 3.05) is 13.4 Å². The lowest BCUT2D eigenvalue weighted by molar-refractivity contribution is 0.409. The molecule has 1 aromatic carbocycles. The van der Waals surface area contributed by atoms with Crippen LogP contribution in [0.5, 0.6) is 5.75 Å². The van der Waals surface area contributed by atoms with Gasteiger partial charge in [0.25, 0.3) is 0 Å². The van der Waals surface area contributed by atoms with Gasteiger partial charge in [0, 0.05) is 11.2 Å². The summed E-state index contributed by atoms with van der Waals surface area (Å²) < 4.78 is 5.33. The van der Waals surface area contributed by atoms with E-state index in [1.165, 1.54) is 36.0 Å². The van der Waals surface area contributed by atoms with Crippen molar-refractivity contribution in [3.63, 3.8) is 0 Å². The predicted octanol–water partition coefficient (Wildman–Crippen LogP) is 4.03. The molecule has 3 atom stereocenters. The van der Waals surface area contributed by atoms with Gasteiger partial charge in [-0.3, -0.25) is 0 Å². The second-order valence-corrected chi connectivity index (χ2v) is 6.46. The molecule has 0 radical (unpaired) electrons. The minimum atomic E-state index is 0.595. The molecule has 1 saturated carbocycles. The fourth-order valence-corrected chi connectivity index (χ4v) is 4.69. The Kier molecular flexibility index (Phi) is 3.14. The van der Waals surface area contributed by atoms with Crippen LogP contribution in [0.2, 0.25) is 0 Å². The van der Waals surface area contributed by atoms with Gasteiger partial charge in [-0.1, -0.05) is 18.2 Å². The maximum Gasteiger partial charge on any atom is 0.119 e. The summed E-state index contributed by atoms with van der Waals surface area (Å²) in [7, 11) is 1.74. The lowest BCUT2D eigenvalue weighted by Crippen LogP contribution is -2.22. The Labute approximate surface area is 114 Å². The van der Waals surface area contributed by atoms with Gasteiger partial charge in [-0.25, -0.2) is 0 Å². The number of ether oxygens (including phenoxy) is 1. The van der Waals surface area contributed by atoms with Crippen LogP contribution in [0, 0.1) is 5.92 Å². The largest absolute Gasteiger partial charge is 0.497 e. The number of fused-ring (bicyclic) bond motifs is 3. The normalized spacial score (nSPS) is 29.9.